The highest BCUT2D eigenvalue weighted by atomic mass is 16.2. The summed E-state index contributed by atoms with van der Waals surface area (Å²) in [6.07, 6.45) is 4.72. The van der Waals surface area contributed by atoms with Gasteiger partial charge in [-0.1, -0.05) is 24.8 Å². The predicted molar refractivity (Wildman–Crippen MR) is 67.9 cm³/mol. The van der Waals surface area contributed by atoms with E-state index in [-0.39, 0.29) is 5.91 Å². The molecule has 1 N–H and O–H groups in total. The summed E-state index contributed by atoms with van der Waals surface area (Å²) in [4.78, 5) is 25.4. The van der Waals surface area contributed by atoms with Gasteiger partial charge in [0.05, 0.1) is 11.1 Å². The standard InChI is InChI=1S/C13H13N3O2/c1-4-6-10-9(5-2)12(17)16(13(10)18)11-7-8(3)14-15-11/h4-7H,2H2,1,3H3,(H,14,15)/b6-4-. The highest BCUT2D eigenvalue weighted by Crippen LogP contribution is 2.27. The summed E-state index contributed by atoms with van der Waals surface area (Å²) in [6, 6.07) is 1.65. The van der Waals surface area contributed by atoms with Crippen molar-refractivity contribution in [3.63, 3.8) is 0 Å². The largest absolute Gasteiger partial charge is 0.281 e. The van der Waals surface area contributed by atoms with Gasteiger partial charge in [0.1, 0.15) is 0 Å². The summed E-state index contributed by atoms with van der Waals surface area (Å²) in [5.41, 5.74) is 1.43. The number of carbonyl (C=O) groups excluding carboxylic acids is 2. The Morgan fingerprint density at radius 1 is 1.33 bits per heavy atom. The van der Waals surface area contributed by atoms with Crippen LogP contribution in [0.4, 0.5) is 5.82 Å². The van der Waals surface area contributed by atoms with Gasteiger partial charge in [0.2, 0.25) is 0 Å². The Bertz CT molecular complexity index is 593. The van der Waals surface area contributed by atoms with Crippen LogP contribution in [0.15, 0.2) is 42.0 Å². The first kappa shape index (κ1) is 12.0. The second-order valence-electron chi connectivity index (χ2n) is 3.89. The number of amides is 2. The number of carbonyl (C=O) groups is 2. The molecule has 1 aromatic rings. The number of allylic oxidation sites excluding steroid dienone is 1. The lowest BCUT2D eigenvalue weighted by molar-refractivity contribution is -0.120. The molecular weight excluding hydrogens is 230 g/mol. The van der Waals surface area contributed by atoms with Gasteiger partial charge in [-0.15, -0.1) is 0 Å². The molecule has 0 saturated carbocycles. The molecule has 2 amide bonds. The third-order valence-corrected chi connectivity index (χ3v) is 2.62. The lowest BCUT2D eigenvalue weighted by Gasteiger charge is -2.10. The molecule has 0 bridgehead atoms. The number of aromatic amines is 1. The van der Waals surface area contributed by atoms with E-state index < -0.39 is 5.91 Å². The lowest BCUT2D eigenvalue weighted by atomic mass is 10.1. The zero-order chi connectivity index (χ0) is 13.3. The van der Waals surface area contributed by atoms with Crippen molar-refractivity contribution in [3.8, 4) is 0 Å². The molecule has 0 saturated heterocycles. The molecule has 0 aliphatic carbocycles. The lowest BCUT2D eigenvalue weighted by Crippen LogP contribution is -2.31. The zero-order valence-corrected chi connectivity index (χ0v) is 10.2. The van der Waals surface area contributed by atoms with Crippen molar-refractivity contribution in [3.05, 3.63) is 47.7 Å². The molecule has 0 fully saturated rings. The number of aryl methyl sites for hydroxylation is 1. The topological polar surface area (TPSA) is 66.1 Å². The number of hydrogen-bond acceptors (Lipinski definition) is 3. The quantitative estimate of drug-likeness (QED) is 0.821. The van der Waals surface area contributed by atoms with E-state index in [1.807, 2.05) is 0 Å². The fraction of sp³-hybridized carbons (Fsp3) is 0.154. The summed E-state index contributed by atoms with van der Waals surface area (Å²) in [5.74, 6) is -0.463. The number of hydrogen-bond donors (Lipinski definition) is 1. The molecule has 5 nitrogen and oxygen atoms in total. The van der Waals surface area contributed by atoms with E-state index in [9.17, 15) is 9.59 Å². The fourth-order valence-corrected chi connectivity index (χ4v) is 1.81. The van der Waals surface area contributed by atoms with Crippen LogP contribution in [0.25, 0.3) is 0 Å². The minimum Gasteiger partial charge on any atom is -0.281 e. The molecule has 1 aromatic heterocycles. The SMILES string of the molecule is C=CC1=C(/C=C\C)C(=O)N(c2cc(C)[nH]n2)C1=O. The van der Waals surface area contributed by atoms with Crippen LogP contribution < -0.4 is 4.90 Å². The molecular formula is C13H13N3O2. The maximum atomic E-state index is 12.2. The molecule has 1 aliphatic heterocycles. The second-order valence-corrected chi connectivity index (χ2v) is 3.89. The van der Waals surface area contributed by atoms with E-state index in [1.54, 1.807) is 32.1 Å². The maximum Gasteiger partial charge on any atom is 0.267 e. The molecule has 5 heteroatoms. The highest BCUT2D eigenvalue weighted by Gasteiger charge is 2.37. The smallest absolute Gasteiger partial charge is 0.267 e. The van der Waals surface area contributed by atoms with Gasteiger partial charge in [0.15, 0.2) is 5.82 Å². The van der Waals surface area contributed by atoms with Crippen LogP contribution in [0, 0.1) is 6.92 Å². The summed E-state index contributed by atoms with van der Waals surface area (Å²) in [6.45, 7) is 7.16. The second kappa shape index (κ2) is 4.44. The molecule has 0 aromatic carbocycles. The molecule has 92 valence electrons. The number of rotatable bonds is 3. The Kier molecular flexibility index (Phi) is 2.97. The first-order valence-electron chi connectivity index (χ1n) is 5.50. The molecule has 18 heavy (non-hydrogen) atoms. The fourth-order valence-electron chi connectivity index (χ4n) is 1.81. The van der Waals surface area contributed by atoms with E-state index in [1.165, 1.54) is 6.08 Å². The number of aromatic nitrogens is 2. The highest BCUT2D eigenvalue weighted by molar-refractivity contribution is 6.34. The summed E-state index contributed by atoms with van der Waals surface area (Å²) in [5, 5.41) is 6.64. The Labute approximate surface area is 104 Å². The van der Waals surface area contributed by atoms with E-state index >= 15 is 0 Å². The van der Waals surface area contributed by atoms with Gasteiger partial charge >= 0.3 is 0 Å². The van der Waals surface area contributed by atoms with Crippen LogP contribution in [0.1, 0.15) is 12.6 Å². The van der Waals surface area contributed by atoms with Gasteiger partial charge in [-0.05, 0) is 13.8 Å². The van der Waals surface area contributed by atoms with Gasteiger partial charge in [0.25, 0.3) is 11.8 Å². The Morgan fingerprint density at radius 2 is 2.00 bits per heavy atom. The van der Waals surface area contributed by atoms with Crippen molar-refractivity contribution in [1.82, 2.24) is 10.2 Å². The molecule has 2 rings (SSSR count). The van der Waals surface area contributed by atoms with Crippen molar-refractivity contribution >= 4 is 17.6 Å². The van der Waals surface area contributed by atoms with Crippen molar-refractivity contribution < 1.29 is 9.59 Å². The van der Waals surface area contributed by atoms with Crippen molar-refractivity contribution in [1.29, 1.82) is 0 Å². The molecule has 1 aliphatic rings. The Balaban J connectivity index is 2.48. The first-order chi connectivity index (χ1) is 8.60. The van der Waals surface area contributed by atoms with Gasteiger partial charge in [-0.3, -0.25) is 14.7 Å². The molecule has 0 unspecified atom stereocenters. The van der Waals surface area contributed by atoms with E-state index in [2.05, 4.69) is 16.8 Å². The van der Waals surface area contributed by atoms with Crippen molar-refractivity contribution in [2.24, 2.45) is 0 Å². The monoisotopic (exact) mass is 243 g/mol. The Hall–Kier alpha value is -2.43. The molecule has 2 heterocycles. The minimum atomic E-state index is -0.394. The van der Waals surface area contributed by atoms with Crippen LogP contribution in [0.2, 0.25) is 0 Å². The third kappa shape index (κ3) is 1.69. The van der Waals surface area contributed by atoms with Gasteiger partial charge in [0, 0.05) is 11.8 Å². The van der Waals surface area contributed by atoms with E-state index in [0.29, 0.717) is 17.0 Å². The first-order valence-corrected chi connectivity index (χ1v) is 5.50. The van der Waals surface area contributed by atoms with Gasteiger partial charge < -0.3 is 0 Å². The van der Waals surface area contributed by atoms with E-state index in [4.69, 9.17) is 0 Å². The van der Waals surface area contributed by atoms with Crippen LogP contribution in [0.3, 0.4) is 0 Å². The third-order valence-electron chi connectivity index (χ3n) is 2.62. The molecule has 0 radical (unpaired) electrons. The number of H-pyrrole nitrogens is 1. The van der Waals surface area contributed by atoms with Crippen molar-refractivity contribution in [2.45, 2.75) is 13.8 Å². The number of nitrogens with one attached hydrogen (secondary N) is 1. The summed E-state index contributed by atoms with van der Waals surface area (Å²) in [7, 11) is 0. The summed E-state index contributed by atoms with van der Waals surface area (Å²) >= 11 is 0. The van der Waals surface area contributed by atoms with Gasteiger partial charge in [-0.25, -0.2) is 4.90 Å². The normalized spacial score (nSPS) is 16.2. The molecule has 0 spiro atoms. The number of imide groups is 1. The van der Waals surface area contributed by atoms with Crippen LogP contribution in [-0.4, -0.2) is 22.0 Å². The average molecular weight is 243 g/mol. The van der Waals surface area contributed by atoms with Crippen LogP contribution in [0.5, 0.6) is 0 Å². The number of anilines is 1. The number of nitrogens with zero attached hydrogens (tertiary/aromatic N) is 2. The van der Waals surface area contributed by atoms with E-state index in [0.717, 1.165) is 10.6 Å². The Morgan fingerprint density at radius 3 is 2.50 bits per heavy atom. The minimum absolute atomic E-state index is 0.304. The van der Waals surface area contributed by atoms with Crippen molar-refractivity contribution in [2.75, 3.05) is 4.90 Å². The molecule has 0 atom stereocenters. The maximum absolute atomic E-state index is 12.2. The van der Waals surface area contributed by atoms with Crippen LogP contribution in [-0.2, 0) is 9.59 Å². The predicted octanol–water partition coefficient (Wildman–Crippen LogP) is 1.65. The average Bonchev–Trinajstić information content (AvgIpc) is 2.84. The zero-order valence-electron chi connectivity index (χ0n) is 10.2. The van der Waals surface area contributed by atoms with Crippen LogP contribution >= 0.6 is 0 Å². The van der Waals surface area contributed by atoms with Gasteiger partial charge in [-0.2, -0.15) is 5.10 Å². The summed E-state index contributed by atoms with van der Waals surface area (Å²) < 4.78 is 0.